The molecule has 2 nitrogen and oxygen atoms in total. The highest BCUT2D eigenvalue weighted by atomic mass is 35.5. The maximum Gasteiger partial charge on any atom is 0.132 e. The SMILES string of the molecule is Cc1c(-c2cccnc2)[nH]c2c(Cl)ccc(F)c12. The van der Waals surface area contributed by atoms with Crippen LogP contribution in [0.4, 0.5) is 4.39 Å². The van der Waals surface area contributed by atoms with Gasteiger partial charge in [-0.1, -0.05) is 11.6 Å². The van der Waals surface area contributed by atoms with Gasteiger partial charge in [-0.2, -0.15) is 0 Å². The van der Waals surface area contributed by atoms with Crippen molar-refractivity contribution in [3.05, 3.63) is 53.1 Å². The van der Waals surface area contributed by atoms with Gasteiger partial charge in [0.05, 0.1) is 16.2 Å². The molecule has 0 spiro atoms. The minimum atomic E-state index is -0.265. The van der Waals surface area contributed by atoms with E-state index in [-0.39, 0.29) is 5.82 Å². The molecule has 0 saturated heterocycles. The summed E-state index contributed by atoms with van der Waals surface area (Å²) in [6.45, 7) is 1.88. The Kier molecular flexibility index (Phi) is 2.56. The lowest BCUT2D eigenvalue weighted by Crippen LogP contribution is -1.81. The lowest BCUT2D eigenvalue weighted by Gasteiger charge is -1.98. The van der Waals surface area contributed by atoms with Crippen molar-refractivity contribution in [2.45, 2.75) is 6.92 Å². The van der Waals surface area contributed by atoms with Crippen LogP contribution in [0.15, 0.2) is 36.7 Å². The molecule has 0 saturated carbocycles. The summed E-state index contributed by atoms with van der Waals surface area (Å²) < 4.78 is 13.9. The molecule has 18 heavy (non-hydrogen) atoms. The van der Waals surface area contributed by atoms with Crippen LogP contribution in [0, 0.1) is 12.7 Å². The number of aryl methyl sites for hydroxylation is 1. The van der Waals surface area contributed by atoms with E-state index < -0.39 is 0 Å². The second-order valence-corrected chi connectivity index (χ2v) is 4.55. The summed E-state index contributed by atoms with van der Waals surface area (Å²) in [5, 5.41) is 1.06. The molecule has 90 valence electrons. The molecule has 1 aromatic carbocycles. The van der Waals surface area contributed by atoms with E-state index in [0.29, 0.717) is 15.9 Å². The van der Waals surface area contributed by atoms with Gasteiger partial charge in [-0.25, -0.2) is 4.39 Å². The Morgan fingerprint density at radius 1 is 1.28 bits per heavy atom. The van der Waals surface area contributed by atoms with Crippen LogP contribution in [0.1, 0.15) is 5.56 Å². The lowest BCUT2D eigenvalue weighted by molar-refractivity contribution is 0.639. The first-order chi connectivity index (χ1) is 8.68. The summed E-state index contributed by atoms with van der Waals surface area (Å²) in [6, 6.07) is 6.72. The molecule has 1 N–H and O–H groups in total. The summed E-state index contributed by atoms with van der Waals surface area (Å²) in [5.41, 5.74) is 3.25. The van der Waals surface area contributed by atoms with E-state index in [1.54, 1.807) is 18.5 Å². The average Bonchev–Trinajstić information content (AvgIpc) is 2.74. The van der Waals surface area contributed by atoms with Gasteiger partial charge in [0.2, 0.25) is 0 Å². The van der Waals surface area contributed by atoms with Gasteiger partial charge in [-0.15, -0.1) is 0 Å². The molecule has 0 radical (unpaired) electrons. The van der Waals surface area contributed by atoms with Crippen molar-refractivity contribution in [3.63, 3.8) is 0 Å². The molecule has 4 heteroatoms. The Hall–Kier alpha value is -1.87. The van der Waals surface area contributed by atoms with Crippen LogP contribution in [0.5, 0.6) is 0 Å². The van der Waals surface area contributed by atoms with Crippen molar-refractivity contribution in [1.82, 2.24) is 9.97 Å². The van der Waals surface area contributed by atoms with Crippen LogP contribution >= 0.6 is 11.6 Å². The van der Waals surface area contributed by atoms with Crippen LogP contribution in [-0.4, -0.2) is 9.97 Å². The number of halogens is 2. The van der Waals surface area contributed by atoms with Gasteiger partial charge >= 0.3 is 0 Å². The van der Waals surface area contributed by atoms with Crippen molar-refractivity contribution >= 4 is 22.5 Å². The molecule has 0 atom stereocenters. The Morgan fingerprint density at radius 3 is 2.78 bits per heavy atom. The number of hydrogen-bond donors (Lipinski definition) is 1. The van der Waals surface area contributed by atoms with Crippen molar-refractivity contribution in [3.8, 4) is 11.3 Å². The molecule has 2 aromatic heterocycles. The fourth-order valence-electron chi connectivity index (χ4n) is 2.18. The molecular formula is C14H10ClFN2. The Morgan fingerprint density at radius 2 is 2.11 bits per heavy atom. The molecule has 3 rings (SSSR count). The molecule has 0 fully saturated rings. The van der Waals surface area contributed by atoms with Crippen LogP contribution < -0.4 is 0 Å². The topological polar surface area (TPSA) is 28.7 Å². The van der Waals surface area contributed by atoms with E-state index in [9.17, 15) is 4.39 Å². The predicted octanol–water partition coefficient (Wildman–Crippen LogP) is 4.33. The Bertz CT molecular complexity index is 719. The summed E-state index contributed by atoms with van der Waals surface area (Å²) >= 11 is 6.09. The standard InChI is InChI=1S/C14H10ClFN2/c1-8-12-11(16)5-4-10(15)14(12)18-13(8)9-3-2-6-17-7-9/h2-7,18H,1H3. The number of fused-ring (bicyclic) bond motifs is 1. The number of pyridine rings is 1. The largest absolute Gasteiger partial charge is 0.353 e. The molecule has 0 aliphatic heterocycles. The smallest absolute Gasteiger partial charge is 0.132 e. The maximum atomic E-state index is 13.9. The molecule has 0 bridgehead atoms. The van der Waals surface area contributed by atoms with Crippen molar-refractivity contribution in [1.29, 1.82) is 0 Å². The zero-order chi connectivity index (χ0) is 12.7. The summed E-state index contributed by atoms with van der Waals surface area (Å²) in [4.78, 5) is 7.25. The number of aromatic amines is 1. The van der Waals surface area contributed by atoms with Crippen LogP contribution in [-0.2, 0) is 0 Å². The van der Waals surface area contributed by atoms with E-state index in [1.807, 2.05) is 19.1 Å². The third-order valence-corrected chi connectivity index (χ3v) is 3.37. The van der Waals surface area contributed by atoms with Gasteiger partial charge in [0, 0.05) is 23.3 Å². The molecule has 0 unspecified atom stereocenters. The van der Waals surface area contributed by atoms with Gasteiger partial charge in [-0.3, -0.25) is 4.98 Å². The van der Waals surface area contributed by atoms with Gasteiger partial charge in [0.15, 0.2) is 0 Å². The predicted molar refractivity (Wildman–Crippen MR) is 71.2 cm³/mol. The third kappa shape index (κ3) is 1.59. The number of aromatic nitrogens is 2. The average molecular weight is 261 g/mol. The molecule has 0 aliphatic carbocycles. The van der Waals surface area contributed by atoms with Crippen LogP contribution in [0.25, 0.3) is 22.2 Å². The van der Waals surface area contributed by atoms with Crippen LogP contribution in [0.3, 0.4) is 0 Å². The second-order valence-electron chi connectivity index (χ2n) is 4.15. The highest BCUT2D eigenvalue weighted by Crippen LogP contribution is 2.34. The number of nitrogens with zero attached hydrogens (tertiary/aromatic N) is 1. The normalized spacial score (nSPS) is 11.1. The zero-order valence-electron chi connectivity index (χ0n) is 9.67. The quantitative estimate of drug-likeness (QED) is 0.693. The fraction of sp³-hybridized carbons (Fsp3) is 0.0714. The summed E-state index contributed by atoms with van der Waals surface area (Å²) in [5.74, 6) is -0.265. The molecule has 0 aliphatic rings. The minimum Gasteiger partial charge on any atom is -0.353 e. The van der Waals surface area contributed by atoms with Crippen molar-refractivity contribution in [2.75, 3.05) is 0 Å². The maximum absolute atomic E-state index is 13.9. The number of hydrogen-bond acceptors (Lipinski definition) is 1. The number of H-pyrrole nitrogens is 1. The monoisotopic (exact) mass is 260 g/mol. The Labute approximate surface area is 108 Å². The van der Waals surface area contributed by atoms with Crippen LogP contribution in [0.2, 0.25) is 5.02 Å². The van der Waals surface area contributed by atoms with Gasteiger partial charge in [-0.05, 0) is 36.8 Å². The first kappa shape index (κ1) is 11.2. The number of benzene rings is 1. The van der Waals surface area contributed by atoms with Gasteiger partial charge < -0.3 is 4.98 Å². The Balaban J connectivity index is 2.37. The number of nitrogens with one attached hydrogen (secondary N) is 1. The highest BCUT2D eigenvalue weighted by molar-refractivity contribution is 6.35. The second kappa shape index (κ2) is 4.10. The molecule has 0 amide bonds. The van der Waals surface area contributed by atoms with Crippen molar-refractivity contribution < 1.29 is 4.39 Å². The molecule has 3 aromatic rings. The van der Waals surface area contributed by atoms with E-state index in [0.717, 1.165) is 16.8 Å². The molecule has 2 heterocycles. The summed E-state index contributed by atoms with van der Waals surface area (Å²) in [6.07, 6.45) is 3.44. The summed E-state index contributed by atoms with van der Waals surface area (Å²) in [7, 11) is 0. The third-order valence-electron chi connectivity index (χ3n) is 3.05. The van der Waals surface area contributed by atoms with Crippen molar-refractivity contribution in [2.24, 2.45) is 0 Å². The lowest BCUT2D eigenvalue weighted by atomic mass is 10.1. The fourth-order valence-corrected chi connectivity index (χ4v) is 2.39. The minimum absolute atomic E-state index is 0.265. The van der Waals surface area contributed by atoms with E-state index in [1.165, 1.54) is 6.07 Å². The first-order valence-electron chi connectivity index (χ1n) is 5.55. The van der Waals surface area contributed by atoms with Gasteiger partial charge in [0.25, 0.3) is 0 Å². The first-order valence-corrected chi connectivity index (χ1v) is 5.93. The van der Waals surface area contributed by atoms with E-state index in [4.69, 9.17) is 11.6 Å². The zero-order valence-corrected chi connectivity index (χ0v) is 10.4. The van der Waals surface area contributed by atoms with E-state index in [2.05, 4.69) is 9.97 Å². The van der Waals surface area contributed by atoms with Gasteiger partial charge in [0.1, 0.15) is 5.82 Å². The highest BCUT2D eigenvalue weighted by Gasteiger charge is 2.15. The number of rotatable bonds is 1. The van der Waals surface area contributed by atoms with E-state index >= 15 is 0 Å². The molecular weight excluding hydrogens is 251 g/mol.